The molecule has 0 bridgehead atoms. The largest absolute Gasteiger partial charge is 0.378 e. The van der Waals surface area contributed by atoms with Crippen LogP contribution < -0.4 is 10.2 Å². The van der Waals surface area contributed by atoms with Crippen molar-refractivity contribution in [3.63, 3.8) is 0 Å². The second-order valence-electron chi connectivity index (χ2n) is 9.32. The van der Waals surface area contributed by atoms with Gasteiger partial charge in [0, 0.05) is 48.8 Å². The standard InChI is InChI=1S/C27H27F4N5/c1-4-18-7-5-6-8-21(18)32-17(3)19-13-16(2)14-20-23(19)34-26(35-11-9-27(30,31)10-12-35)36-15-22(24(28)29)33-25(20)36/h4-8,13-15,17,24,32H,1,9-12H2,2-3H3. The van der Waals surface area contributed by atoms with Gasteiger partial charge in [-0.2, -0.15) is 0 Å². The third-order valence-electron chi connectivity index (χ3n) is 6.70. The first-order chi connectivity index (χ1) is 17.2. The fourth-order valence-electron chi connectivity index (χ4n) is 4.81. The summed E-state index contributed by atoms with van der Waals surface area (Å²) < 4.78 is 56.6. The summed E-state index contributed by atoms with van der Waals surface area (Å²) in [4.78, 5) is 10.9. The van der Waals surface area contributed by atoms with Crippen molar-refractivity contribution in [3.8, 4) is 0 Å². The highest BCUT2D eigenvalue weighted by Crippen LogP contribution is 2.36. The van der Waals surface area contributed by atoms with E-state index in [0.717, 1.165) is 22.4 Å². The van der Waals surface area contributed by atoms with E-state index in [1.807, 2.05) is 50.2 Å². The van der Waals surface area contributed by atoms with Gasteiger partial charge in [-0.05, 0) is 37.1 Å². The molecular weight excluding hydrogens is 470 g/mol. The van der Waals surface area contributed by atoms with Crippen molar-refractivity contribution in [1.29, 1.82) is 0 Å². The lowest BCUT2D eigenvalue weighted by Gasteiger charge is -2.33. The number of piperidine rings is 1. The van der Waals surface area contributed by atoms with E-state index in [2.05, 4.69) is 16.9 Å². The molecule has 1 saturated heterocycles. The van der Waals surface area contributed by atoms with E-state index in [9.17, 15) is 17.6 Å². The number of aromatic nitrogens is 3. The Kier molecular flexibility index (Phi) is 6.10. The zero-order valence-electron chi connectivity index (χ0n) is 20.1. The minimum atomic E-state index is -2.77. The molecule has 9 heteroatoms. The van der Waals surface area contributed by atoms with Crippen LogP contribution in [0.15, 0.2) is 49.2 Å². The molecule has 3 heterocycles. The summed E-state index contributed by atoms with van der Waals surface area (Å²) in [5.41, 5.74) is 4.20. The number of nitrogens with one attached hydrogen (secondary N) is 1. The molecule has 188 valence electrons. The van der Waals surface area contributed by atoms with Crippen molar-refractivity contribution in [2.75, 3.05) is 23.3 Å². The van der Waals surface area contributed by atoms with Gasteiger partial charge >= 0.3 is 0 Å². The van der Waals surface area contributed by atoms with Crippen molar-refractivity contribution in [2.45, 2.75) is 45.1 Å². The highest BCUT2D eigenvalue weighted by molar-refractivity contribution is 5.95. The average molecular weight is 498 g/mol. The maximum Gasteiger partial charge on any atom is 0.281 e. The Morgan fingerprint density at radius 1 is 1.11 bits per heavy atom. The Labute approximate surface area is 206 Å². The predicted octanol–water partition coefficient (Wildman–Crippen LogP) is 7.18. The summed E-state index contributed by atoms with van der Waals surface area (Å²) >= 11 is 0. The molecular formula is C27H27F4N5. The number of para-hydroxylation sites is 1. The molecule has 1 atom stereocenters. The van der Waals surface area contributed by atoms with Crippen LogP contribution in [0.5, 0.6) is 0 Å². The summed E-state index contributed by atoms with van der Waals surface area (Å²) in [7, 11) is 0. The van der Waals surface area contributed by atoms with Crippen LogP contribution in [0, 0.1) is 6.92 Å². The molecule has 0 aliphatic carbocycles. The summed E-state index contributed by atoms with van der Waals surface area (Å²) in [5, 5.41) is 4.14. The van der Waals surface area contributed by atoms with Crippen molar-refractivity contribution in [2.24, 2.45) is 0 Å². The van der Waals surface area contributed by atoms with Crippen LogP contribution in [-0.2, 0) is 0 Å². The van der Waals surface area contributed by atoms with E-state index in [-0.39, 0.29) is 37.7 Å². The molecule has 0 spiro atoms. The van der Waals surface area contributed by atoms with E-state index in [1.165, 1.54) is 10.6 Å². The third kappa shape index (κ3) is 4.38. The van der Waals surface area contributed by atoms with Crippen LogP contribution in [0.4, 0.5) is 29.2 Å². The molecule has 36 heavy (non-hydrogen) atoms. The lowest BCUT2D eigenvalue weighted by atomic mass is 10.0. The molecule has 5 rings (SSSR count). The van der Waals surface area contributed by atoms with E-state index in [1.54, 1.807) is 11.0 Å². The van der Waals surface area contributed by atoms with Gasteiger partial charge in [0.1, 0.15) is 11.3 Å². The first-order valence-electron chi connectivity index (χ1n) is 11.9. The number of benzene rings is 2. The quantitative estimate of drug-likeness (QED) is 0.287. The fraction of sp³-hybridized carbons (Fsp3) is 0.333. The topological polar surface area (TPSA) is 45.5 Å². The number of halogens is 4. The lowest BCUT2D eigenvalue weighted by molar-refractivity contribution is -0.0222. The van der Waals surface area contributed by atoms with E-state index < -0.39 is 12.3 Å². The number of rotatable bonds is 6. The zero-order chi connectivity index (χ0) is 25.6. The van der Waals surface area contributed by atoms with Crippen molar-refractivity contribution in [3.05, 3.63) is 71.6 Å². The molecule has 1 unspecified atom stereocenters. The van der Waals surface area contributed by atoms with E-state index >= 15 is 0 Å². The maximum atomic E-state index is 13.9. The molecule has 1 fully saturated rings. The SMILES string of the molecule is C=Cc1ccccc1NC(C)c1cc(C)cc2c1nc(N1CCC(F)(F)CC1)n1cc(C(F)F)nc21. The number of nitrogens with zero attached hydrogens (tertiary/aromatic N) is 4. The fourth-order valence-corrected chi connectivity index (χ4v) is 4.81. The number of aryl methyl sites for hydroxylation is 1. The van der Waals surface area contributed by atoms with Crippen LogP contribution in [0.2, 0.25) is 0 Å². The first-order valence-corrected chi connectivity index (χ1v) is 11.9. The highest BCUT2D eigenvalue weighted by Gasteiger charge is 2.35. The van der Waals surface area contributed by atoms with E-state index in [4.69, 9.17) is 4.98 Å². The summed E-state index contributed by atoms with van der Waals surface area (Å²) in [6, 6.07) is 11.5. The smallest absolute Gasteiger partial charge is 0.281 e. The Morgan fingerprint density at radius 2 is 1.83 bits per heavy atom. The monoisotopic (exact) mass is 497 g/mol. The minimum absolute atomic E-state index is 0.0739. The second-order valence-corrected chi connectivity index (χ2v) is 9.32. The average Bonchev–Trinajstić information content (AvgIpc) is 3.30. The zero-order valence-corrected chi connectivity index (χ0v) is 20.1. The molecule has 0 amide bonds. The molecule has 5 nitrogen and oxygen atoms in total. The van der Waals surface area contributed by atoms with Gasteiger partial charge in [0.15, 0.2) is 0 Å². The molecule has 0 radical (unpaired) electrons. The van der Waals surface area contributed by atoms with E-state index in [0.29, 0.717) is 22.5 Å². The summed E-state index contributed by atoms with van der Waals surface area (Å²) in [6.07, 6.45) is -0.369. The molecule has 4 aromatic rings. The van der Waals surface area contributed by atoms with Crippen LogP contribution in [0.3, 0.4) is 0 Å². The van der Waals surface area contributed by atoms with Gasteiger partial charge in [-0.15, -0.1) is 0 Å². The van der Waals surface area contributed by atoms with Gasteiger partial charge < -0.3 is 10.2 Å². The predicted molar refractivity (Wildman–Crippen MR) is 135 cm³/mol. The first kappa shape index (κ1) is 24.1. The number of anilines is 2. The minimum Gasteiger partial charge on any atom is -0.378 e. The highest BCUT2D eigenvalue weighted by atomic mass is 19.3. The number of fused-ring (bicyclic) bond motifs is 3. The van der Waals surface area contributed by atoms with Crippen LogP contribution in [-0.4, -0.2) is 33.4 Å². The normalized spacial score (nSPS) is 16.6. The van der Waals surface area contributed by atoms with Crippen molar-refractivity contribution < 1.29 is 17.6 Å². The van der Waals surface area contributed by atoms with Gasteiger partial charge in [0.25, 0.3) is 12.3 Å². The van der Waals surface area contributed by atoms with Gasteiger partial charge in [-0.25, -0.2) is 27.5 Å². The van der Waals surface area contributed by atoms with Gasteiger partial charge in [0.05, 0.1) is 11.6 Å². The number of hydrogen-bond donors (Lipinski definition) is 1. The molecule has 2 aromatic heterocycles. The summed E-state index contributed by atoms with van der Waals surface area (Å²) in [6.45, 7) is 7.95. The van der Waals surface area contributed by atoms with Crippen LogP contribution in [0.1, 0.15) is 54.6 Å². The van der Waals surface area contributed by atoms with Gasteiger partial charge in [-0.3, -0.25) is 4.40 Å². The summed E-state index contributed by atoms with van der Waals surface area (Å²) in [5.74, 6) is -2.40. The number of alkyl halides is 4. The lowest BCUT2D eigenvalue weighted by Crippen LogP contribution is -2.40. The van der Waals surface area contributed by atoms with Crippen molar-refractivity contribution in [1.82, 2.24) is 14.4 Å². The van der Waals surface area contributed by atoms with Gasteiger partial charge in [-0.1, -0.05) is 36.9 Å². The van der Waals surface area contributed by atoms with Gasteiger partial charge in [0.2, 0.25) is 5.95 Å². The second kappa shape index (κ2) is 9.11. The molecule has 2 aromatic carbocycles. The molecule has 1 aliphatic rings. The molecule has 1 N–H and O–H groups in total. The molecule has 0 saturated carbocycles. The van der Waals surface area contributed by atoms with Crippen molar-refractivity contribution >= 4 is 34.3 Å². The number of imidazole rings is 1. The molecule has 1 aliphatic heterocycles. The number of hydrogen-bond acceptors (Lipinski definition) is 4. The van der Waals surface area contributed by atoms with Crippen LogP contribution in [0.25, 0.3) is 22.6 Å². The van der Waals surface area contributed by atoms with Crippen LogP contribution >= 0.6 is 0 Å². The Bertz CT molecular complexity index is 1440. The third-order valence-corrected chi connectivity index (χ3v) is 6.70. The Morgan fingerprint density at radius 3 is 2.53 bits per heavy atom. The Balaban J connectivity index is 1.68. The Hall–Kier alpha value is -3.62. The maximum absolute atomic E-state index is 13.9.